The molecule has 196 valence electrons. The van der Waals surface area contributed by atoms with Crippen LogP contribution in [-0.2, 0) is 20.9 Å². The molecule has 5 nitrogen and oxygen atoms in total. The molecule has 0 radical (unpaired) electrons. The molecule has 1 aliphatic carbocycles. The lowest BCUT2D eigenvalue weighted by Gasteiger charge is -2.30. The summed E-state index contributed by atoms with van der Waals surface area (Å²) in [6, 6.07) is 25.7. The number of esters is 1. The Balaban J connectivity index is 1.47. The van der Waals surface area contributed by atoms with E-state index in [4.69, 9.17) is 9.47 Å². The van der Waals surface area contributed by atoms with Crippen molar-refractivity contribution in [2.75, 3.05) is 18.6 Å². The van der Waals surface area contributed by atoms with Crippen LogP contribution in [0.5, 0.6) is 5.75 Å². The van der Waals surface area contributed by atoms with Crippen LogP contribution < -0.4 is 9.64 Å². The Morgan fingerprint density at radius 3 is 2.37 bits per heavy atom. The van der Waals surface area contributed by atoms with Crippen LogP contribution in [0.2, 0.25) is 0 Å². The van der Waals surface area contributed by atoms with Crippen molar-refractivity contribution in [1.29, 1.82) is 0 Å². The number of ether oxygens (including phenoxy) is 2. The summed E-state index contributed by atoms with van der Waals surface area (Å²) in [7, 11) is 1.35. The number of benzene rings is 3. The number of methoxy groups -OCH3 is 1. The Labute approximate surface area is 225 Å². The smallest absolute Gasteiger partial charge is 0.330 e. The molecule has 4 rings (SSSR count). The van der Waals surface area contributed by atoms with Crippen LogP contribution in [0.15, 0.2) is 91.0 Å². The monoisotopic (exact) mass is 509 g/mol. The van der Waals surface area contributed by atoms with E-state index in [0.717, 1.165) is 53.8 Å². The summed E-state index contributed by atoms with van der Waals surface area (Å²) in [5.74, 6) is 0.650. The van der Waals surface area contributed by atoms with Gasteiger partial charge in [-0.15, -0.1) is 0 Å². The van der Waals surface area contributed by atoms with Gasteiger partial charge < -0.3 is 14.4 Å². The first kappa shape index (κ1) is 26.9. The Hall–Kier alpha value is -4.12. The molecule has 5 heteroatoms. The highest BCUT2D eigenvalue weighted by molar-refractivity contribution is 5.95. The Kier molecular flexibility index (Phi) is 9.91. The van der Waals surface area contributed by atoms with Crippen LogP contribution in [-0.4, -0.2) is 25.6 Å². The molecular formula is C33H35NO4. The number of para-hydroxylation sites is 1. The van der Waals surface area contributed by atoms with E-state index in [1.807, 2.05) is 71.6 Å². The van der Waals surface area contributed by atoms with Crippen LogP contribution in [0, 0.1) is 5.92 Å². The number of hydrogen-bond acceptors (Lipinski definition) is 4. The molecule has 1 aliphatic rings. The van der Waals surface area contributed by atoms with E-state index >= 15 is 0 Å². The van der Waals surface area contributed by atoms with Crippen molar-refractivity contribution in [3.05, 3.63) is 108 Å². The van der Waals surface area contributed by atoms with Gasteiger partial charge in [0.2, 0.25) is 5.91 Å². The highest BCUT2D eigenvalue weighted by Crippen LogP contribution is 2.29. The molecule has 0 saturated heterocycles. The van der Waals surface area contributed by atoms with Gasteiger partial charge in [-0.1, -0.05) is 79.9 Å². The maximum absolute atomic E-state index is 13.7. The third-order valence-electron chi connectivity index (χ3n) is 6.74. The summed E-state index contributed by atoms with van der Waals surface area (Å²) >= 11 is 0. The summed E-state index contributed by atoms with van der Waals surface area (Å²) in [4.78, 5) is 27.1. The molecule has 1 fully saturated rings. The normalized spacial score (nSPS) is 14.0. The van der Waals surface area contributed by atoms with E-state index in [-0.39, 0.29) is 11.8 Å². The molecule has 0 atom stereocenters. The van der Waals surface area contributed by atoms with E-state index in [1.54, 1.807) is 6.08 Å². The second-order valence-corrected chi connectivity index (χ2v) is 9.48. The van der Waals surface area contributed by atoms with Crippen molar-refractivity contribution >= 4 is 29.7 Å². The molecule has 0 bridgehead atoms. The van der Waals surface area contributed by atoms with Crippen molar-refractivity contribution in [2.45, 2.75) is 38.6 Å². The van der Waals surface area contributed by atoms with Gasteiger partial charge in [-0.3, -0.25) is 4.79 Å². The molecule has 1 saturated carbocycles. The predicted octanol–water partition coefficient (Wildman–Crippen LogP) is 7.08. The van der Waals surface area contributed by atoms with Crippen molar-refractivity contribution in [2.24, 2.45) is 5.92 Å². The quantitative estimate of drug-likeness (QED) is 0.216. The van der Waals surface area contributed by atoms with Gasteiger partial charge in [-0.05, 0) is 65.9 Å². The fraction of sp³-hybridized carbons (Fsp3) is 0.273. The minimum absolute atomic E-state index is 0.0461. The van der Waals surface area contributed by atoms with Gasteiger partial charge in [-0.2, -0.15) is 0 Å². The van der Waals surface area contributed by atoms with Gasteiger partial charge in [0, 0.05) is 17.7 Å². The largest absolute Gasteiger partial charge is 0.490 e. The van der Waals surface area contributed by atoms with E-state index in [0.29, 0.717) is 13.2 Å². The van der Waals surface area contributed by atoms with E-state index in [9.17, 15) is 9.59 Å². The molecule has 38 heavy (non-hydrogen) atoms. The lowest BCUT2D eigenvalue weighted by molar-refractivity contribution is -0.134. The van der Waals surface area contributed by atoms with Gasteiger partial charge in [-0.25, -0.2) is 4.79 Å². The van der Waals surface area contributed by atoms with Crippen molar-refractivity contribution < 1.29 is 19.1 Å². The summed E-state index contributed by atoms with van der Waals surface area (Å²) in [5, 5.41) is 0. The molecular weight excluding hydrogens is 474 g/mol. The van der Waals surface area contributed by atoms with Gasteiger partial charge >= 0.3 is 5.97 Å². The highest BCUT2D eigenvalue weighted by Gasteiger charge is 2.27. The number of carbonyl (C=O) groups is 2. The van der Waals surface area contributed by atoms with Gasteiger partial charge in [0.1, 0.15) is 12.4 Å². The maximum atomic E-state index is 13.7. The number of amides is 1. The summed E-state index contributed by atoms with van der Waals surface area (Å²) < 4.78 is 10.4. The topological polar surface area (TPSA) is 55.8 Å². The second kappa shape index (κ2) is 14.0. The fourth-order valence-corrected chi connectivity index (χ4v) is 4.66. The van der Waals surface area contributed by atoms with Gasteiger partial charge in [0.05, 0.1) is 13.7 Å². The van der Waals surface area contributed by atoms with Crippen LogP contribution >= 0.6 is 0 Å². The molecule has 0 aliphatic heterocycles. The SMILES string of the molecule is COC(=O)/C=C/c1cccc(N(Cc2ccc(/C=C/COc3ccccc3)cc2)C(=O)C2CCCCC2)c1. The third-order valence-corrected chi connectivity index (χ3v) is 6.74. The average Bonchev–Trinajstić information content (AvgIpc) is 2.98. The summed E-state index contributed by atoms with van der Waals surface area (Å²) in [5.41, 5.74) is 3.80. The van der Waals surface area contributed by atoms with Crippen LogP contribution in [0.3, 0.4) is 0 Å². The van der Waals surface area contributed by atoms with Crippen LogP contribution in [0.4, 0.5) is 5.69 Å². The first-order valence-electron chi connectivity index (χ1n) is 13.2. The number of carbonyl (C=O) groups excluding carboxylic acids is 2. The zero-order valence-electron chi connectivity index (χ0n) is 21.9. The minimum atomic E-state index is -0.411. The molecule has 0 N–H and O–H groups in total. The zero-order valence-corrected chi connectivity index (χ0v) is 21.9. The minimum Gasteiger partial charge on any atom is -0.490 e. The fourth-order valence-electron chi connectivity index (χ4n) is 4.66. The first-order valence-corrected chi connectivity index (χ1v) is 13.2. The van der Waals surface area contributed by atoms with E-state index in [1.165, 1.54) is 19.6 Å². The van der Waals surface area contributed by atoms with E-state index < -0.39 is 5.97 Å². The van der Waals surface area contributed by atoms with E-state index in [2.05, 4.69) is 24.3 Å². The Morgan fingerprint density at radius 2 is 1.63 bits per heavy atom. The number of nitrogens with zero attached hydrogens (tertiary/aromatic N) is 1. The summed E-state index contributed by atoms with van der Waals surface area (Å²) in [6.07, 6.45) is 12.4. The van der Waals surface area contributed by atoms with Crippen molar-refractivity contribution in [3.8, 4) is 5.75 Å². The van der Waals surface area contributed by atoms with Crippen LogP contribution in [0.1, 0.15) is 48.8 Å². The second-order valence-electron chi connectivity index (χ2n) is 9.48. The highest BCUT2D eigenvalue weighted by atomic mass is 16.5. The molecule has 0 spiro atoms. The average molecular weight is 510 g/mol. The Bertz CT molecular complexity index is 1240. The van der Waals surface area contributed by atoms with Crippen molar-refractivity contribution in [1.82, 2.24) is 0 Å². The Morgan fingerprint density at radius 1 is 0.868 bits per heavy atom. The molecule has 0 aromatic heterocycles. The van der Waals surface area contributed by atoms with Crippen LogP contribution in [0.25, 0.3) is 12.2 Å². The predicted molar refractivity (Wildman–Crippen MR) is 153 cm³/mol. The standard InChI is InChI=1S/C33H35NO4/c1-37-32(35)22-21-27-10-8-14-30(24-27)34(33(36)29-12-4-2-5-13-29)25-28-19-17-26(18-20-28)11-9-23-38-31-15-6-3-7-16-31/h3,6-11,14-22,24,29H,2,4-5,12-13,23,25H2,1H3/b11-9+,22-21+. The zero-order chi connectivity index (χ0) is 26.6. The molecule has 0 unspecified atom stereocenters. The third kappa shape index (κ3) is 7.94. The van der Waals surface area contributed by atoms with Gasteiger partial charge in [0.25, 0.3) is 0 Å². The first-order chi connectivity index (χ1) is 18.6. The number of hydrogen-bond donors (Lipinski definition) is 0. The number of rotatable bonds is 10. The molecule has 3 aromatic rings. The van der Waals surface area contributed by atoms with Crippen molar-refractivity contribution in [3.63, 3.8) is 0 Å². The lowest BCUT2D eigenvalue weighted by Crippen LogP contribution is -2.36. The lowest BCUT2D eigenvalue weighted by atomic mass is 9.88. The molecule has 0 heterocycles. The summed E-state index contributed by atoms with van der Waals surface area (Å²) in [6.45, 7) is 0.983. The molecule has 1 amide bonds. The maximum Gasteiger partial charge on any atom is 0.330 e. The number of anilines is 1. The molecule has 3 aromatic carbocycles. The van der Waals surface area contributed by atoms with Gasteiger partial charge in [0.15, 0.2) is 0 Å².